The molecule has 0 aliphatic carbocycles. The van der Waals surface area contributed by atoms with Gasteiger partial charge in [-0.25, -0.2) is 0 Å². The van der Waals surface area contributed by atoms with Crippen molar-refractivity contribution in [2.75, 3.05) is 35.3 Å². The van der Waals surface area contributed by atoms with Crippen molar-refractivity contribution in [1.29, 1.82) is 0 Å². The first kappa shape index (κ1) is 47.4. The van der Waals surface area contributed by atoms with Gasteiger partial charge < -0.3 is 32.2 Å². The molecule has 0 spiro atoms. The molecule has 8 nitrogen and oxygen atoms in total. The second-order valence-corrected chi connectivity index (χ2v) is 26.3. The molecule has 0 heterocycles. The van der Waals surface area contributed by atoms with E-state index >= 15 is 0 Å². The lowest BCUT2D eigenvalue weighted by Crippen LogP contribution is -2.15. The lowest BCUT2D eigenvalue weighted by Gasteiger charge is -2.28. The van der Waals surface area contributed by atoms with Gasteiger partial charge in [-0.1, -0.05) is 50.5 Å². The predicted molar refractivity (Wildman–Crippen MR) is 209 cm³/mol. The lowest BCUT2D eigenvalue weighted by atomic mass is 10.3. The third kappa shape index (κ3) is 29.8. The van der Waals surface area contributed by atoms with Crippen LogP contribution in [0.3, 0.4) is 0 Å². The monoisotopic (exact) mass is 790 g/mol. The van der Waals surface area contributed by atoms with E-state index in [1.165, 1.54) is 0 Å². The molecule has 6 atom stereocenters. The number of carboxylic acids is 1. The summed E-state index contributed by atoms with van der Waals surface area (Å²) in [4.78, 5) is 11.0. The van der Waals surface area contributed by atoms with Crippen molar-refractivity contribution in [2.24, 2.45) is 11.8 Å². The molecule has 0 amide bonds. The van der Waals surface area contributed by atoms with Crippen molar-refractivity contribution in [3.8, 4) is 0 Å². The second kappa shape index (κ2) is 28.0. The highest BCUT2D eigenvalue weighted by Gasteiger charge is 2.26. The van der Waals surface area contributed by atoms with Crippen molar-refractivity contribution in [2.45, 2.75) is 133 Å². The maximum Gasteiger partial charge on any atom is 0.304 e. The van der Waals surface area contributed by atoms with E-state index in [1.54, 1.807) is 34.1 Å². The van der Waals surface area contributed by atoms with E-state index in [9.17, 15) is 4.79 Å². The normalized spacial score (nSPS) is 16.7. The molecule has 270 valence electrons. The van der Waals surface area contributed by atoms with E-state index in [0.29, 0.717) is 17.6 Å². The molecule has 0 aliphatic rings. The maximum absolute atomic E-state index is 11.0. The van der Waals surface area contributed by atoms with Crippen LogP contribution in [0.1, 0.15) is 96.4 Å². The van der Waals surface area contributed by atoms with Crippen molar-refractivity contribution < 1.29 is 37.0 Å². The molecule has 45 heavy (non-hydrogen) atoms. The summed E-state index contributed by atoms with van der Waals surface area (Å²) < 4.78 is 37.9. The zero-order valence-corrected chi connectivity index (χ0v) is 36.6. The lowest BCUT2D eigenvalue weighted by molar-refractivity contribution is -0.136. The number of aliphatic carboxylic acids is 1. The molecule has 0 aliphatic heterocycles. The zero-order valence-electron chi connectivity index (χ0n) is 29.8. The van der Waals surface area contributed by atoms with Crippen molar-refractivity contribution in [3.05, 3.63) is 0 Å². The Labute approximate surface area is 297 Å². The molecule has 1 N–H and O–H groups in total. The second-order valence-electron chi connectivity index (χ2n) is 12.3. The number of carbonyl (C=O) groups is 1. The Balaban J connectivity index is 5.39. The molecule has 0 fully saturated rings. The summed E-state index contributed by atoms with van der Waals surface area (Å²) in [5.41, 5.74) is 0. The van der Waals surface area contributed by atoms with Gasteiger partial charge in [0, 0.05) is 35.3 Å². The quantitative estimate of drug-likeness (QED) is 0.0731. The van der Waals surface area contributed by atoms with Gasteiger partial charge in [0.25, 0.3) is 0 Å². The molecule has 0 aromatic rings. The number of carboxylic acid groups (broad SMARTS) is 1. The first-order valence-corrected chi connectivity index (χ1v) is 27.5. The molecule has 0 aromatic heterocycles. The van der Waals surface area contributed by atoms with Crippen molar-refractivity contribution in [3.63, 3.8) is 0 Å². The molecule has 16 heteroatoms. The Morgan fingerprint density at radius 1 is 0.533 bits per heavy atom. The van der Waals surface area contributed by atoms with Crippen LogP contribution in [-0.2, 0) is 31.9 Å². The van der Waals surface area contributed by atoms with E-state index < -0.39 is 35.8 Å². The van der Waals surface area contributed by atoms with Gasteiger partial charge >= 0.3 is 5.97 Å². The van der Waals surface area contributed by atoms with Crippen LogP contribution in [0.4, 0.5) is 0 Å². The van der Waals surface area contributed by atoms with Crippen molar-refractivity contribution >= 4 is 81.4 Å². The molecule has 0 radical (unpaired) electrons. The fourth-order valence-corrected chi connectivity index (χ4v) is 19.8. The molecular weight excluding hydrogens is 728 g/mol. The highest BCUT2D eigenvalue weighted by Crippen LogP contribution is 2.59. The highest BCUT2D eigenvalue weighted by atomic mass is 32.7. The van der Waals surface area contributed by atoms with Crippen LogP contribution in [0, 0.1) is 11.8 Å². The summed E-state index contributed by atoms with van der Waals surface area (Å²) >= 11 is 6.90. The average molecular weight is 791 g/mol. The van der Waals surface area contributed by atoms with Crippen LogP contribution in [0.5, 0.6) is 0 Å². The minimum absolute atomic E-state index is 0.00575. The minimum atomic E-state index is -1.24. The molecule has 0 bridgehead atoms. The van der Waals surface area contributed by atoms with Gasteiger partial charge in [0.2, 0.25) is 15.2 Å². The predicted octanol–water partition coefficient (Wildman–Crippen LogP) is 12.3. The zero-order chi connectivity index (χ0) is 34.5. The molecule has 6 unspecified atom stereocenters. The fourth-order valence-electron chi connectivity index (χ4n) is 2.94. The van der Waals surface area contributed by atoms with E-state index in [0.717, 1.165) is 29.6 Å². The van der Waals surface area contributed by atoms with Gasteiger partial charge in [-0.2, -0.15) is 0 Å². The Bertz CT molecular complexity index is 690. The summed E-state index contributed by atoms with van der Waals surface area (Å²) in [7, 11) is -3.65. The third-order valence-corrected chi connectivity index (χ3v) is 20.7. The molecule has 0 saturated heterocycles. The van der Waals surface area contributed by atoms with Gasteiger partial charge in [-0.3, -0.25) is 4.79 Å². The van der Waals surface area contributed by atoms with Crippen LogP contribution >= 0.6 is 75.4 Å². The fraction of sp³-hybridized carbons (Fsp3) is 0.966. The number of hydrogen-bond donors (Lipinski definition) is 1. The number of rotatable bonds is 29. The minimum Gasteiger partial charge on any atom is -0.481 e. The molecule has 0 rings (SSSR count). The van der Waals surface area contributed by atoms with Crippen LogP contribution in [-0.4, -0.2) is 83.0 Å². The largest absolute Gasteiger partial charge is 0.481 e. The van der Waals surface area contributed by atoms with Gasteiger partial charge in [0.15, 0.2) is 0 Å². The summed E-state index contributed by atoms with van der Waals surface area (Å²) in [6, 6.07) is 0. The van der Waals surface area contributed by atoms with Gasteiger partial charge in [-0.15, -0.1) is 22.8 Å². The van der Waals surface area contributed by atoms with Crippen molar-refractivity contribution in [1.82, 2.24) is 0 Å². The Hall–Kier alpha value is 2.35. The molecular formula is C29H62O8P4S4. The average Bonchev–Trinajstić information content (AvgIpc) is 2.87. The van der Waals surface area contributed by atoms with Gasteiger partial charge in [0.05, 0.1) is 57.7 Å². The maximum atomic E-state index is 11.0. The van der Waals surface area contributed by atoms with Gasteiger partial charge in [-0.05, 0) is 74.1 Å². The summed E-state index contributed by atoms with van der Waals surface area (Å²) in [6.45, 7) is 27.5. The van der Waals surface area contributed by atoms with E-state index in [4.69, 9.17) is 32.2 Å². The summed E-state index contributed by atoms with van der Waals surface area (Å²) in [5.74, 6) is 3.20. The third-order valence-electron chi connectivity index (χ3n) is 4.61. The Morgan fingerprint density at radius 3 is 1.31 bits per heavy atom. The van der Waals surface area contributed by atoms with Crippen LogP contribution in [0.25, 0.3) is 0 Å². The van der Waals surface area contributed by atoms with E-state index in [2.05, 4.69) is 62.3 Å². The first-order valence-electron chi connectivity index (χ1n) is 15.9. The number of hydrogen-bond acceptors (Lipinski definition) is 11. The standard InChI is InChI=1S/C29H62O8P4S4/c1-21(2)16-38(32-23(5)6)43-18-27(12)36-41(37-28(13)20-44-40(33-24(7)8)34-25(9)10)45-19-26(11)35-39(17-22(3)4)42-15-14-29(30)31/h21-28H,14-20H2,1-13H3,(H,30,31). The Kier molecular flexibility index (Phi) is 29.5. The summed E-state index contributed by atoms with van der Waals surface area (Å²) in [5, 5.41) is 9.07. The highest BCUT2D eigenvalue weighted by molar-refractivity contribution is 8.55. The van der Waals surface area contributed by atoms with Crippen LogP contribution in [0.2, 0.25) is 0 Å². The summed E-state index contributed by atoms with van der Waals surface area (Å²) in [6.07, 6.45) is 2.52. The topological polar surface area (TPSA) is 92.7 Å². The molecule has 0 saturated carbocycles. The molecule has 0 aromatic carbocycles. The Morgan fingerprint density at radius 2 is 0.911 bits per heavy atom. The SMILES string of the molecule is CC(C)CP(OC(C)C)SCC(C)OP(OC(C)CSP(OC(C)C)OC(C)C)SCC(C)OP(CC(C)C)SCCC(=O)O. The van der Waals surface area contributed by atoms with Gasteiger partial charge in [0.1, 0.15) is 0 Å². The van der Waals surface area contributed by atoms with E-state index in [-0.39, 0.29) is 43.0 Å². The van der Waals surface area contributed by atoms with E-state index in [1.807, 2.05) is 39.1 Å². The first-order chi connectivity index (χ1) is 21.0. The smallest absolute Gasteiger partial charge is 0.304 e. The van der Waals surface area contributed by atoms with Crippen LogP contribution < -0.4 is 0 Å². The van der Waals surface area contributed by atoms with Crippen LogP contribution in [0.15, 0.2) is 0 Å².